The average Bonchev–Trinajstić information content (AvgIpc) is 2.88. The van der Waals surface area contributed by atoms with Gasteiger partial charge in [0.05, 0.1) is 12.8 Å². The van der Waals surface area contributed by atoms with Crippen molar-refractivity contribution < 1.29 is 19.4 Å². The molecular weight excluding hydrogens is 440 g/mol. The van der Waals surface area contributed by atoms with E-state index in [0.29, 0.717) is 12.4 Å². The van der Waals surface area contributed by atoms with Crippen molar-refractivity contribution >= 4 is 17.5 Å². The van der Waals surface area contributed by atoms with Gasteiger partial charge in [0.25, 0.3) is 0 Å². The summed E-state index contributed by atoms with van der Waals surface area (Å²) >= 11 is 0. The Morgan fingerprint density at radius 2 is 1.66 bits per heavy atom. The van der Waals surface area contributed by atoms with Crippen LogP contribution in [0.3, 0.4) is 0 Å². The highest BCUT2D eigenvalue weighted by atomic mass is 16.5. The Balaban J connectivity index is 1.41. The summed E-state index contributed by atoms with van der Waals surface area (Å²) in [5, 5.41) is 9.93. The first-order valence-corrected chi connectivity index (χ1v) is 11.8. The van der Waals surface area contributed by atoms with Crippen LogP contribution >= 0.6 is 0 Å². The third-order valence-corrected chi connectivity index (χ3v) is 6.24. The van der Waals surface area contributed by atoms with E-state index < -0.39 is 0 Å². The number of hydrogen-bond donors (Lipinski definition) is 1. The number of aromatic hydroxyl groups is 1. The van der Waals surface area contributed by atoms with Crippen molar-refractivity contribution in [1.82, 2.24) is 4.90 Å². The van der Waals surface area contributed by atoms with Gasteiger partial charge in [0.1, 0.15) is 12.4 Å². The maximum absolute atomic E-state index is 12.7. The maximum atomic E-state index is 12.7. The number of piperazine rings is 1. The summed E-state index contributed by atoms with van der Waals surface area (Å²) in [7, 11) is 3.65. The molecule has 1 heterocycles. The number of allylic oxidation sites excluding steroid dienone is 1. The zero-order valence-corrected chi connectivity index (χ0v) is 20.3. The lowest BCUT2D eigenvalue weighted by molar-refractivity contribution is -0.113. The zero-order valence-electron chi connectivity index (χ0n) is 20.3. The number of hydrogen-bond acceptors (Lipinski definition) is 6. The molecule has 4 rings (SSSR count). The molecule has 0 amide bonds. The summed E-state index contributed by atoms with van der Waals surface area (Å²) in [6.07, 6.45) is 3.52. The standard InChI is InChI=1S/C29H32N2O4/c1-30-15-17-31(18-16-30)26-9-5-6-10-28(26)35-21-24-8-4-3-7-23(24)20-25(32)13-11-22-12-14-29(34-2)27(33)19-22/h3-14,19,33H,15-18,20-21H2,1-2H3/b13-11+. The lowest BCUT2D eigenvalue weighted by atomic mass is 10.0. The van der Waals surface area contributed by atoms with E-state index in [2.05, 4.69) is 22.9 Å². The van der Waals surface area contributed by atoms with E-state index >= 15 is 0 Å². The summed E-state index contributed by atoms with van der Waals surface area (Å²) in [4.78, 5) is 17.4. The average molecular weight is 473 g/mol. The SMILES string of the molecule is COc1ccc(/C=C/C(=O)Cc2ccccc2COc2ccccc2N2CCN(C)CC2)cc1O. The van der Waals surface area contributed by atoms with E-state index in [1.54, 1.807) is 30.4 Å². The molecular formula is C29H32N2O4. The molecule has 0 unspecified atom stereocenters. The number of benzene rings is 3. The number of nitrogens with zero attached hydrogens (tertiary/aromatic N) is 2. The van der Waals surface area contributed by atoms with Gasteiger partial charge in [0.15, 0.2) is 17.3 Å². The van der Waals surface area contributed by atoms with Crippen molar-refractivity contribution in [2.75, 3.05) is 45.2 Å². The number of carbonyl (C=O) groups is 1. The molecule has 0 atom stereocenters. The molecule has 182 valence electrons. The first kappa shape index (κ1) is 24.4. The third-order valence-electron chi connectivity index (χ3n) is 6.24. The predicted octanol–water partition coefficient (Wildman–Crippen LogP) is 4.56. The minimum Gasteiger partial charge on any atom is -0.504 e. The molecule has 0 aromatic heterocycles. The summed E-state index contributed by atoms with van der Waals surface area (Å²) in [5.41, 5.74) is 3.77. The minimum atomic E-state index is -0.0226. The summed E-state index contributed by atoms with van der Waals surface area (Å²) in [5.74, 6) is 1.28. The van der Waals surface area contributed by atoms with Gasteiger partial charge >= 0.3 is 0 Å². The van der Waals surface area contributed by atoms with Crippen molar-refractivity contribution in [3.63, 3.8) is 0 Å². The van der Waals surface area contributed by atoms with E-state index in [4.69, 9.17) is 9.47 Å². The molecule has 1 saturated heterocycles. The van der Waals surface area contributed by atoms with Crippen LogP contribution < -0.4 is 14.4 Å². The van der Waals surface area contributed by atoms with E-state index in [1.165, 1.54) is 7.11 Å². The summed E-state index contributed by atoms with van der Waals surface area (Å²) < 4.78 is 11.3. The molecule has 6 heteroatoms. The van der Waals surface area contributed by atoms with Crippen molar-refractivity contribution in [2.45, 2.75) is 13.0 Å². The molecule has 0 bridgehead atoms. The topological polar surface area (TPSA) is 62.2 Å². The van der Waals surface area contributed by atoms with E-state index in [0.717, 1.165) is 54.3 Å². The third kappa shape index (κ3) is 6.43. The highest BCUT2D eigenvalue weighted by Gasteiger charge is 2.18. The van der Waals surface area contributed by atoms with Crippen LogP contribution in [0.1, 0.15) is 16.7 Å². The van der Waals surface area contributed by atoms with E-state index in [1.807, 2.05) is 42.5 Å². The van der Waals surface area contributed by atoms with Gasteiger partial charge in [0, 0.05) is 32.6 Å². The number of para-hydroxylation sites is 2. The fourth-order valence-corrected chi connectivity index (χ4v) is 4.16. The fraction of sp³-hybridized carbons (Fsp3) is 0.276. The van der Waals surface area contributed by atoms with Crippen molar-refractivity contribution in [2.24, 2.45) is 0 Å². The number of methoxy groups -OCH3 is 1. The first-order chi connectivity index (χ1) is 17.0. The number of phenolic OH excluding ortho intramolecular Hbond substituents is 1. The predicted molar refractivity (Wildman–Crippen MR) is 139 cm³/mol. The molecule has 0 spiro atoms. The van der Waals surface area contributed by atoms with Crippen LogP contribution in [0.2, 0.25) is 0 Å². The van der Waals surface area contributed by atoms with Gasteiger partial charge in [-0.3, -0.25) is 4.79 Å². The van der Waals surface area contributed by atoms with Crippen molar-refractivity contribution in [3.8, 4) is 17.2 Å². The van der Waals surface area contributed by atoms with Gasteiger partial charge < -0.3 is 24.4 Å². The smallest absolute Gasteiger partial charge is 0.160 e. The second-order valence-electron chi connectivity index (χ2n) is 8.72. The number of carbonyl (C=O) groups excluding carboxylic acids is 1. The zero-order chi connectivity index (χ0) is 24.6. The van der Waals surface area contributed by atoms with Gasteiger partial charge in [-0.15, -0.1) is 0 Å². The minimum absolute atomic E-state index is 0.0226. The number of rotatable bonds is 9. The second-order valence-corrected chi connectivity index (χ2v) is 8.72. The number of anilines is 1. The fourth-order valence-electron chi connectivity index (χ4n) is 4.16. The highest BCUT2D eigenvalue weighted by molar-refractivity contribution is 5.95. The molecule has 1 N–H and O–H groups in total. The van der Waals surface area contributed by atoms with Gasteiger partial charge in [-0.2, -0.15) is 0 Å². The molecule has 0 radical (unpaired) electrons. The van der Waals surface area contributed by atoms with Crippen LogP contribution in [0.5, 0.6) is 17.2 Å². The van der Waals surface area contributed by atoms with Crippen LogP contribution in [0, 0.1) is 0 Å². The molecule has 0 aliphatic carbocycles. The number of likely N-dealkylation sites (N-methyl/N-ethyl adjacent to an activating group) is 1. The number of ketones is 1. The maximum Gasteiger partial charge on any atom is 0.160 e. The lowest BCUT2D eigenvalue weighted by Crippen LogP contribution is -2.44. The summed E-state index contributed by atoms with van der Waals surface area (Å²) in [6.45, 7) is 4.40. The van der Waals surface area contributed by atoms with E-state index in [-0.39, 0.29) is 18.0 Å². The lowest BCUT2D eigenvalue weighted by Gasteiger charge is -2.34. The van der Waals surface area contributed by atoms with Crippen molar-refractivity contribution in [1.29, 1.82) is 0 Å². The Hall–Kier alpha value is -3.77. The molecule has 1 aliphatic heterocycles. The van der Waals surface area contributed by atoms with E-state index in [9.17, 15) is 9.90 Å². The second kappa shape index (κ2) is 11.6. The van der Waals surface area contributed by atoms with Gasteiger partial charge in [-0.25, -0.2) is 0 Å². The van der Waals surface area contributed by atoms with Gasteiger partial charge in [-0.05, 0) is 54.1 Å². The Labute approximate surface area is 207 Å². The van der Waals surface area contributed by atoms with Crippen LogP contribution in [0.4, 0.5) is 5.69 Å². The Morgan fingerprint density at radius 3 is 2.40 bits per heavy atom. The molecule has 1 fully saturated rings. The molecule has 0 saturated carbocycles. The Bertz CT molecular complexity index is 1180. The van der Waals surface area contributed by atoms with Crippen molar-refractivity contribution in [3.05, 3.63) is 89.5 Å². The molecule has 3 aromatic carbocycles. The molecule has 3 aromatic rings. The number of phenols is 1. The molecule has 35 heavy (non-hydrogen) atoms. The highest BCUT2D eigenvalue weighted by Crippen LogP contribution is 2.30. The number of ether oxygens (including phenoxy) is 2. The Kier molecular flexibility index (Phi) is 8.06. The largest absolute Gasteiger partial charge is 0.504 e. The Morgan fingerprint density at radius 1 is 0.943 bits per heavy atom. The monoisotopic (exact) mass is 472 g/mol. The van der Waals surface area contributed by atoms with Crippen LogP contribution in [-0.2, 0) is 17.8 Å². The van der Waals surface area contributed by atoms with Gasteiger partial charge in [0.2, 0.25) is 0 Å². The normalized spacial score (nSPS) is 14.3. The first-order valence-electron chi connectivity index (χ1n) is 11.8. The quantitative estimate of drug-likeness (QED) is 0.461. The molecule has 6 nitrogen and oxygen atoms in total. The van der Waals surface area contributed by atoms with Crippen LogP contribution in [0.15, 0.2) is 72.8 Å². The van der Waals surface area contributed by atoms with Crippen LogP contribution in [-0.4, -0.2) is 56.1 Å². The summed E-state index contributed by atoms with van der Waals surface area (Å²) in [6, 6.07) is 21.1. The molecule has 1 aliphatic rings. The van der Waals surface area contributed by atoms with Crippen LogP contribution in [0.25, 0.3) is 6.08 Å². The van der Waals surface area contributed by atoms with Gasteiger partial charge in [-0.1, -0.05) is 48.5 Å².